The van der Waals surface area contributed by atoms with E-state index in [0.29, 0.717) is 0 Å². The first kappa shape index (κ1) is 10.6. The van der Waals surface area contributed by atoms with Gasteiger partial charge in [-0.05, 0) is 6.92 Å². The lowest BCUT2D eigenvalue weighted by atomic mass is 10.4. The lowest BCUT2D eigenvalue weighted by Gasteiger charge is -2.35. The molecule has 0 aliphatic carbocycles. The van der Waals surface area contributed by atoms with Crippen LogP contribution in [0.15, 0.2) is 0 Å². The quantitative estimate of drug-likeness (QED) is 0.470. The van der Waals surface area contributed by atoms with Crippen molar-refractivity contribution in [2.75, 3.05) is 13.6 Å². The highest BCUT2D eigenvalue weighted by Crippen LogP contribution is 2.18. The molecule has 0 radical (unpaired) electrons. The Morgan fingerprint density at radius 1 is 1.14 bits per heavy atom. The van der Waals surface area contributed by atoms with Gasteiger partial charge in [0, 0.05) is 0 Å². The molecule has 8 nitrogen and oxygen atoms in total. The van der Waals surface area contributed by atoms with Crippen molar-refractivity contribution in [3.63, 3.8) is 0 Å². The van der Waals surface area contributed by atoms with Gasteiger partial charge in [-0.3, -0.25) is 10.4 Å². The minimum atomic E-state index is -1.47. The van der Waals surface area contributed by atoms with Crippen molar-refractivity contribution in [2.24, 2.45) is 0 Å². The van der Waals surface area contributed by atoms with E-state index in [1.807, 2.05) is 0 Å². The van der Waals surface area contributed by atoms with Crippen LogP contribution in [-0.2, 0) is 0 Å². The fourth-order valence-corrected chi connectivity index (χ4v) is 1.02. The second-order valence-electron chi connectivity index (χ2n) is 2.98. The number of rotatable bonds is 1. The van der Waals surface area contributed by atoms with Crippen molar-refractivity contribution >= 4 is 18.1 Å². The maximum Gasteiger partial charge on any atom is 0.460 e. The molecule has 0 unspecified atom stereocenters. The number of hydroxylamine groups is 4. The Labute approximate surface area is 79.0 Å². The Morgan fingerprint density at radius 3 is 1.79 bits per heavy atom. The predicted molar refractivity (Wildman–Crippen MR) is 40.2 cm³/mol. The van der Waals surface area contributed by atoms with Crippen LogP contribution in [0.5, 0.6) is 0 Å². The summed E-state index contributed by atoms with van der Waals surface area (Å²) in [6, 6.07) is -3.65. The number of imide groups is 3. The number of carbonyl (C=O) groups is 3. The molecule has 1 saturated heterocycles. The minimum absolute atomic E-state index is 0.0130. The van der Waals surface area contributed by atoms with Gasteiger partial charge in [-0.1, -0.05) is 10.1 Å². The summed E-state index contributed by atoms with van der Waals surface area (Å²) in [4.78, 5) is 33.5. The number of carbonyl (C=O) groups excluding carboxylic acids is 3. The molecule has 0 aromatic heterocycles. The average molecular weight is 204 g/mol. The molecule has 0 aromatic carbocycles. The molecule has 0 saturated carbocycles. The number of amides is 6. The molecule has 1 rings (SSSR count). The topological polar surface area (TPSA) is 98.2 Å². The van der Waals surface area contributed by atoms with Gasteiger partial charge in [-0.25, -0.2) is 14.4 Å². The van der Waals surface area contributed by atoms with Crippen molar-refractivity contribution in [3.8, 4) is 0 Å². The predicted octanol–water partition coefficient (Wildman–Crippen LogP) is 0.209. The van der Waals surface area contributed by atoms with Crippen LogP contribution in [0.1, 0.15) is 6.92 Å². The van der Waals surface area contributed by atoms with Crippen LogP contribution >= 0.6 is 0 Å². The Hall–Kier alpha value is -1.51. The lowest BCUT2D eigenvalue weighted by Crippen LogP contribution is -2.70. The molecule has 6 amide bonds. The Balaban J connectivity index is 3.17. The summed E-state index contributed by atoms with van der Waals surface area (Å²) in [5.74, 6) is 0. The van der Waals surface area contributed by atoms with Crippen LogP contribution in [0.3, 0.4) is 0 Å². The van der Waals surface area contributed by atoms with E-state index < -0.39 is 22.6 Å². The fourth-order valence-electron chi connectivity index (χ4n) is 1.02. The van der Waals surface area contributed by atoms with Gasteiger partial charge in [0.2, 0.25) is 0 Å². The van der Waals surface area contributed by atoms with Crippen molar-refractivity contribution in [1.29, 1.82) is 0 Å². The van der Waals surface area contributed by atoms with Crippen molar-refractivity contribution in [2.45, 2.75) is 6.92 Å². The first-order chi connectivity index (χ1) is 6.36. The van der Waals surface area contributed by atoms with E-state index >= 15 is 0 Å². The number of hydrogen-bond acceptors (Lipinski definition) is 5. The maximum absolute atomic E-state index is 11.3. The first-order valence-electron chi connectivity index (χ1n) is 3.82. The van der Waals surface area contributed by atoms with E-state index in [-0.39, 0.29) is 16.7 Å². The van der Waals surface area contributed by atoms with E-state index in [1.165, 1.54) is 14.0 Å². The molecule has 0 atom stereocenters. The smallest absolute Gasteiger partial charge is 0.273 e. The summed E-state index contributed by atoms with van der Waals surface area (Å²) in [7, 11) is 1.18. The van der Waals surface area contributed by atoms with E-state index in [1.54, 1.807) is 0 Å². The zero-order valence-corrected chi connectivity index (χ0v) is 7.67. The third-order valence-corrected chi connectivity index (χ3v) is 2.20. The molecule has 14 heavy (non-hydrogen) atoms. The highest BCUT2D eigenvalue weighted by atomic mass is 16.6. The average Bonchev–Trinajstić information content (AvgIpc) is 2.21. The van der Waals surface area contributed by atoms with Crippen molar-refractivity contribution in [1.82, 2.24) is 10.1 Å². The second-order valence-corrected chi connectivity index (χ2v) is 2.98. The standard InChI is InChI=1S/C6H10N3O5/c1-3-9(2)5(11)7(13)4(10)8(14)6(9)12/h13-14H,3H2,1-2H3/q+1. The minimum Gasteiger partial charge on any atom is -0.273 e. The van der Waals surface area contributed by atoms with E-state index in [4.69, 9.17) is 10.4 Å². The molecular weight excluding hydrogens is 194 g/mol. The molecule has 1 heterocycles. The first-order valence-corrected chi connectivity index (χ1v) is 3.82. The number of hydrogen-bond donors (Lipinski definition) is 2. The van der Waals surface area contributed by atoms with Gasteiger partial charge in [0.1, 0.15) is 0 Å². The number of nitrogens with zero attached hydrogens (tertiary/aromatic N) is 3. The van der Waals surface area contributed by atoms with Crippen molar-refractivity contribution < 1.29 is 29.3 Å². The zero-order chi connectivity index (χ0) is 11.1. The normalized spacial score (nSPS) is 21.9. The molecule has 0 bridgehead atoms. The second kappa shape index (κ2) is 3.01. The Bertz CT molecular complexity index is 291. The zero-order valence-electron chi connectivity index (χ0n) is 7.67. The van der Waals surface area contributed by atoms with Gasteiger partial charge in [0.05, 0.1) is 13.6 Å². The molecule has 1 aliphatic rings. The van der Waals surface area contributed by atoms with E-state index in [9.17, 15) is 14.4 Å². The largest absolute Gasteiger partial charge is 0.460 e. The van der Waals surface area contributed by atoms with Crippen LogP contribution in [0.2, 0.25) is 0 Å². The summed E-state index contributed by atoms with van der Waals surface area (Å²) in [6.07, 6.45) is 0. The summed E-state index contributed by atoms with van der Waals surface area (Å²) in [5, 5.41) is 17.4. The SMILES string of the molecule is CC[N+]1(C)C(=O)N(O)C(=O)N(O)C1=O. The van der Waals surface area contributed by atoms with Gasteiger partial charge in [0.25, 0.3) is 0 Å². The van der Waals surface area contributed by atoms with Gasteiger partial charge in [-0.15, -0.1) is 0 Å². The van der Waals surface area contributed by atoms with Crippen LogP contribution in [0.4, 0.5) is 14.4 Å². The van der Waals surface area contributed by atoms with Gasteiger partial charge < -0.3 is 0 Å². The Kier molecular flexibility index (Phi) is 2.27. The molecule has 1 fully saturated rings. The summed E-state index contributed by atoms with van der Waals surface area (Å²) in [5.41, 5.74) is 0. The van der Waals surface area contributed by atoms with Crippen LogP contribution in [0, 0.1) is 0 Å². The molecule has 1 aliphatic heterocycles. The third-order valence-electron chi connectivity index (χ3n) is 2.20. The van der Waals surface area contributed by atoms with Gasteiger partial charge in [-0.2, -0.15) is 4.48 Å². The van der Waals surface area contributed by atoms with Gasteiger partial charge >= 0.3 is 18.1 Å². The van der Waals surface area contributed by atoms with Crippen molar-refractivity contribution in [3.05, 3.63) is 0 Å². The van der Waals surface area contributed by atoms with Gasteiger partial charge in [0.15, 0.2) is 0 Å². The Morgan fingerprint density at radius 2 is 1.50 bits per heavy atom. The number of urea groups is 3. The molecule has 2 N–H and O–H groups in total. The molecule has 78 valence electrons. The highest BCUT2D eigenvalue weighted by molar-refractivity contribution is 6.03. The molecular formula is C6H10N3O5+. The van der Waals surface area contributed by atoms with Crippen LogP contribution in [-0.4, -0.2) is 56.7 Å². The highest BCUT2D eigenvalue weighted by Gasteiger charge is 2.55. The lowest BCUT2D eigenvalue weighted by molar-refractivity contribution is -0.760. The van der Waals surface area contributed by atoms with E-state index in [2.05, 4.69) is 0 Å². The van der Waals surface area contributed by atoms with Crippen LogP contribution in [0.25, 0.3) is 0 Å². The summed E-state index contributed by atoms with van der Waals surface area (Å²) in [6.45, 7) is 1.52. The van der Waals surface area contributed by atoms with E-state index in [0.717, 1.165) is 0 Å². The molecule has 8 heteroatoms. The summed E-state index contributed by atoms with van der Waals surface area (Å²) < 4.78 is -0.890. The fraction of sp³-hybridized carbons (Fsp3) is 0.500. The number of quaternary nitrogens is 1. The molecule has 0 aromatic rings. The third kappa shape index (κ3) is 1.09. The maximum atomic E-state index is 11.3. The summed E-state index contributed by atoms with van der Waals surface area (Å²) >= 11 is 0. The molecule has 0 spiro atoms. The monoisotopic (exact) mass is 204 g/mol. The van der Waals surface area contributed by atoms with Crippen LogP contribution < -0.4 is 0 Å².